The molecule has 0 bridgehead atoms. The number of hydrogen-bond acceptors (Lipinski definition) is 4. The van der Waals surface area contributed by atoms with Gasteiger partial charge in [0.25, 0.3) is 5.91 Å². The summed E-state index contributed by atoms with van der Waals surface area (Å²) < 4.78 is 0. The summed E-state index contributed by atoms with van der Waals surface area (Å²) in [6.07, 6.45) is 4.47. The Balaban J connectivity index is 1.64. The average Bonchev–Trinajstić information content (AvgIpc) is 2.62. The van der Waals surface area contributed by atoms with Crippen molar-refractivity contribution in [2.45, 2.75) is 31.2 Å². The summed E-state index contributed by atoms with van der Waals surface area (Å²) in [4.78, 5) is 32.9. The van der Waals surface area contributed by atoms with Crippen molar-refractivity contribution in [3.63, 3.8) is 0 Å². The summed E-state index contributed by atoms with van der Waals surface area (Å²) in [6, 6.07) is 10.4. The molecule has 7 heteroatoms. The van der Waals surface area contributed by atoms with Crippen LogP contribution >= 0.6 is 11.6 Å². The smallest absolute Gasteiger partial charge is 0.270 e. The number of nitrogens with one attached hydrogen (secondary N) is 2. The Morgan fingerprint density at radius 1 is 1.26 bits per heavy atom. The van der Waals surface area contributed by atoms with Gasteiger partial charge in [-0.3, -0.25) is 19.6 Å². The summed E-state index contributed by atoms with van der Waals surface area (Å²) in [5.41, 5.74) is 1.19. The highest BCUT2D eigenvalue weighted by Crippen LogP contribution is 2.32. The number of aromatic nitrogens is 1. The van der Waals surface area contributed by atoms with Crippen molar-refractivity contribution in [2.24, 2.45) is 4.99 Å². The summed E-state index contributed by atoms with van der Waals surface area (Å²) in [6.45, 7) is 4.01. The van der Waals surface area contributed by atoms with Crippen molar-refractivity contribution in [1.82, 2.24) is 10.3 Å². The van der Waals surface area contributed by atoms with Gasteiger partial charge in [0, 0.05) is 16.9 Å². The van der Waals surface area contributed by atoms with E-state index >= 15 is 0 Å². The number of carbonyl (C=O) groups excluding carboxylic acids is 2. The van der Waals surface area contributed by atoms with E-state index in [0.717, 1.165) is 24.8 Å². The summed E-state index contributed by atoms with van der Waals surface area (Å²) in [7, 11) is 0. The monoisotopic (exact) mass is 384 g/mol. The van der Waals surface area contributed by atoms with Gasteiger partial charge in [-0.15, -0.1) is 0 Å². The van der Waals surface area contributed by atoms with Crippen molar-refractivity contribution in [1.29, 1.82) is 0 Å². The molecule has 0 saturated heterocycles. The summed E-state index contributed by atoms with van der Waals surface area (Å²) >= 11 is 6.09. The van der Waals surface area contributed by atoms with Gasteiger partial charge in [0.2, 0.25) is 5.91 Å². The highest BCUT2D eigenvalue weighted by atomic mass is 35.5. The molecule has 0 atom stereocenters. The number of nitrogens with zero attached hydrogens (tertiary/aromatic N) is 2. The van der Waals surface area contributed by atoms with Crippen LogP contribution in [0.25, 0.3) is 0 Å². The standard InChI is InChI=1S/C20H21ClN4O2/c1-22-13-20(8-4-9-20)25-19(27)17-12-15(7-10-23-17)24-18(26)11-14-5-2-3-6-16(14)21/h2-3,5-7,10,12H,1,4,8-9,11,13H2,(H,25,27)(H,23,24,26). The Morgan fingerprint density at radius 3 is 2.70 bits per heavy atom. The molecule has 6 nitrogen and oxygen atoms in total. The largest absolute Gasteiger partial charge is 0.343 e. The lowest BCUT2D eigenvalue weighted by molar-refractivity contribution is -0.115. The van der Waals surface area contributed by atoms with Gasteiger partial charge in [0.15, 0.2) is 0 Å². The number of hydrogen-bond donors (Lipinski definition) is 2. The lowest BCUT2D eigenvalue weighted by Gasteiger charge is -2.41. The fourth-order valence-corrected chi connectivity index (χ4v) is 3.30. The normalized spacial score (nSPS) is 14.7. The minimum absolute atomic E-state index is 0.150. The Kier molecular flexibility index (Phi) is 5.86. The highest BCUT2D eigenvalue weighted by molar-refractivity contribution is 6.31. The molecule has 140 valence electrons. The van der Waals surface area contributed by atoms with Gasteiger partial charge in [-0.05, 0) is 49.7 Å². The zero-order valence-electron chi connectivity index (χ0n) is 14.9. The number of aliphatic imine (C=N–C) groups is 1. The molecule has 1 aliphatic rings. The third-order valence-corrected chi connectivity index (χ3v) is 5.06. The van der Waals surface area contributed by atoms with Gasteiger partial charge < -0.3 is 10.6 Å². The van der Waals surface area contributed by atoms with E-state index in [1.807, 2.05) is 12.1 Å². The maximum absolute atomic E-state index is 12.5. The number of pyridine rings is 1. The number of halogens is 1. The first-order chi connectivity index (χ1) is 13.0. The second kappa shape index (κ2) is 8.31. The van der Waals surface area contributed by atoms with Crippen LogP contribution in [0, 0.1) is 0 Å². The summed E-state index contributed by atoms with van der Waals surface area (Å²) in [5, 5.41) is 6.34. The zero-order valence-corrected chi connectivity index (χ0v) is 15.6. The molecule has 2 amide bonds. The van der Waals surface area contributed by atoms with Crippen molar-refractivity contribution in [2.75, 3.05) is 11.9 Å². The van der Waals surface area contributed by atoms with Gasteiger partial charge in [-0.25, -0.2) is 0 Å². The molecule has 0 aliphatic heterocycles. The topological polar surface area (TPSA) is 83.5 Å². The molecule has 27 heavy (non-hydrogen) atoms. The SMILES string of the molecule is C=NCC1(NC(=O)c2cc(NC(=O)Cc3ccccc3Cl)ccn2)CCC1. The number of amides is 2. The predicted molar refractivity (Wildman–Crippen MR) is 106 cm³/mol. The molecule has 1 aromatic carbocycles. The number of anilines is 1. The lowest BCUT2D eigenvalue weighted by atomic mass is 9.76. The van der Waals surface area contributed by atoms with Gasteiger partial charge in [-0.2, -0.15) is 0 Å². The van der Waals surface area contributed by atoms with Gasteiger partial charge in [0.05, 0.1) is 18.5 Å². The third kappa shape index (κ3) is 4.71. The van der Waals surface area contributed by atoms with Crippen LogP contribution in [0.5, 0.6) is 0 Å². The van der Waals surface area contributed by atoms with E-state index < -0.39 is 0 Å². The molecule has 1 aliphatic carbocycles. The number of carbonyl (C=O) groups is 2. The van der Waals surface area contributed by atoms with E-state index in [1.54, 1.807) is 24.3 Å². The molecule has 1 aromatic heterocycles. The molecule has 0 unspecified atom stereocenters. The first kappa shape index (κ1) is 19.0. The van der Waals surface area contributed by atoms with Crippen LogP contribution in [0.2, 0.25) is 5.02 Å². The van der Waals surface area contributed by atoms with E-state index in [4.69, 9.17) is 11.6 Å². The minimum atomic E-state index is -0.316. The van der Waals surface area contributed by atoms with Crippen LogP contribution in [0.4, 0.5) is 5.69 Å². The van der Waals surface area contributed by atoms with E-state index in [2.05, 4.69) is 27.3 Å². The van der Waals surface area contributed by atoms with Gasteiger partial charge in [-0.1, -0.05) is 29.8 Å². The van der Waals surface area contributed by atoms with Crippen LogP contribution < -0.4 is 10.6 Å². The van der Waals surface area contributed by atoms with Crippen molar-refractivity contribution < 1.29 is 9.59 Å². The molecule has 1 heterocycles. The van der Waals surface area contributed by atoms with E-state index in [1.165, 1.54) is 6.20 Å². The Bertz CT molecular complexity index is 865. The quantitative estimate of drug-likeness (QED) is 0.718. The fraction of sp³-hybridized carbons (Fsp3) is 0.300. The van der Waals surface area contributed by atoms with Crippen molar-refractivity contribution >= 4 is 35.8 Å². The van der Waals surface area contributed by atoms with Gasteiger partial charge >= 0.3 is 0 Å². The molecule has 0 radical (unpaired) electrons. The van der Waals surface area contributed by atoms with Gasteiger partial charge in [0.1, 0.15) is 5.69 Å². The third-order valence-electron chi connectivity index (χ3n) is 4.69. The molecule has 2 N–H and O–H groups in total. The first-order valence-corrected chi connectivity index (χ1v) is 9.13. The van der Waals surface area contributed by atoms with Crippen LogP contribution in [-0.4, -0.2) is 35.6 Å². The lowest BCUT2D eigenvalue weighted by Crippen LogP contribution is -2.55. The highest BCUT2D eigenvalue weighted by Gasteiger charge is 2.38. The van der Waals surface area contributed by atoms with Crippen molar-refractivity contribution in [3.05, 3.63) is 58.9 Å². The first-order valence-electron chi connectivity index (χ1n) is 8.76. The minimum Gasteiger partial charge on any atom is -0.343 e. The van der Waals surface area contributed by atoms with E-state index in [-0.39, 0.29) is 29.5 Å². The fourth-order valence-electron chi connectivity index (χ4n) is 3.10. The number of rotatable bonds is 7. The van der Waals surface area contributed by atoms with E-state index in [9.17, 15) is 9.59 Å². The second-order valence-corrected chi connectivity index (χ2v) is 7.12. The van der Waals surface area contributed by atoms with Crippen LogP contribution in [0.15, 0.2) is 47.6 Å². The molecule has 2 aromatic rings. The maximum Gasteiger partial charge on any atom is 0.270 e. The predicted octanol–water partition coefficient (Wildman–Crippen LogP) is 3.27. The maximum atomic E-state index is 12.5. The Labute approximate surface area is 163 Å². The van der Waals surface area contributed by atoms with E-state index in [0.29, 0.717) is 17.3 Å². The molecular formula is C20H21ClN4O2. The van der Waals surface area contributed by atoms with Crippen LogP contribution in [0.1, 0.15) is 35.3 Å². The zero-order chi connectivity index (χ0) is 19.3. The molecular weight excluding hydrogens is 364 g/mol. The molecule has 1 saturated carbocycles. The molecule has 3 rings (SSSR count). The second-order valence-electron chi connectivity index (χ2n) is 6.72. The molecule has 1 fully saturated rings. The Morgan fingerprint density at radius 2 is 2.04 bits per heavy atom. The van der Waals surface area contributed by atoms with Crippen LogP contribution in [-0.2, 0) is 11.2 Å². The Hall–Kier alpha value is -2.73. The molecule has 0 spiro atoms. The number of benzene rings is 1. The average molecular weight is 385 g/mol. The van der Waals surface area contributed by atoms with Crippen LogP contribution in [0.3, 0.4) is 0 Å². The summed E-state index contributed by atoms with van der Waals surface area (Å²) in [5.74, 6) is -0.493. The van der Waals surface area contributed by atoms with Crippen molar-refractivity contribution in [3.8, 4) is 0 Å².